The van der Waals surface area contributed by atoms with Crippen molar-refractivity contribution in [3.63, 3.8) is 0 Å². The first-order chi connectivity index (χ1) is 8.72. The van der Waals surface area contributed by atoms with Crippen molar-refractivity contribution in [2.75, 3.05) is 32.8 Å². The summed E-state index contributed by atoms with van der Waals surface area (Å²) in [7, 11) is 0. The Balaban J connectivity index is 2.34. The zero-order chi connectivity index (χ0) is 13.4. The largest absolute Gasteiger partial charge is 0.465 e. The van der Waals surface area contributed by atoms with Crippen LogP contribution in [0.4, 0.5) is 0 Å². The van der Waals surface area contributed by atoms with Crippen LogP contribution in [0.25, 0.3) is 0 Å². The Morgan fingerprint density at radius 3 is 2.44 bits per heavy atom. The Hall–Kier alpha value is -0.610. The molecule has 0 bridgehead atoms. The Morgan fingerprint density at radius 1 is 1.33 bits per heavy atom. The third kappa shape index (κ3) is 4.58. The maximum absolute atomic E-state index is 11.9. The molecule has 1 rings (SSSR count). The molecule has 0 saturated heterocycles. The van der Waals surface area contributed by atoms with Crippen LogP contribution in [0, 0.1) is 5.92 Å². The molecule has 18 heavy (non-hydrogen) atoms. The third-order valence-corrected chi connectivity index (χ3v) is 3.85. The second-order valence-corrected chi connectivity index (χ2v) is 4.90. The molecule has 1 aliphatic rings. The number of likely N-dealkylation sites (N-methyl/N-ethyl adjacent to an activating group) is 1. The van der Waals surface area contributed by atoms with E-state index in [-0.39, 0.29) is 12.0 Å². The SMILES string of the molecule is CCOC(=O)C(NCCN(CC)CC)C1CCC1. The molecule has 1 aliphatic carbocycles. The number of carbonyl (C=O) groups excluding carboxylic acids is 1. The average Bonchev–Trinajstić information content (AvgIpc) is 2.31. The van der Waals surface area contributed by atoms with Gasteiger partial charge in [-0.05, 0) is 38.8 Å². The number of nitrogens with one attached hydrogen (secondary N) is 1. The van der Waals surface area contributed by atoms with Crippen molar-refractivity contribution in [2.24, 2.45) is 5.92 Å². The number of ether oxygens (including phenoxy) is 1. The molecule has 1 N–H and O–H groups in total. The normalized spacial score (nSPS) is 17.6. The molecule has 0 spiro atoms. The van der Waals surface area contributed by atoms with Crippen molar-refractivity contribution in [1.82, 2.24) is 10.2 Å². The molecule has 0 aliphatic heterocycles. The van der Waals surface area contributed by atoms with Crippen LogP contribution in [-0.4, -0.2) is 49.7 Å². The van der Waals surface area contributed by atoms with E-state index in [9.17, 15) is 4.79 Å². The monoisotopic (exact) mass is 256 g/mol. The van der Waals surface area contributed by atoms with E-state index < -0.39 is 0 Å². The zero-order valence-corrected chi connectivity index (χ0v) is 12.1. The maximum atomic E-state index is 11.9. The van der Waals surface area contributed by atoms with Crippen molar-refractivity contribution in [1.29, 1.82) is 0 Å². The van der Waals surface area contributed by atoms with E-state index in [1.165, 1.54) is 6.42 Å². The first-order valence-corrected chi connectivity index (χ1v) is 7.35. The minimum Gasteiger partial charge on any atom is -0.465 e. The fraction of sp³-hybridized carbons (Fsp3) is 0.929. The third-order valence-electron chi connectivity index (χ3n) is 3.85. The predicted octanol–water partition coefficient (Wildman–Crippen LogP) is 1.65. The van der Waals surface area contributed by atoms with Gasteiger partial charge in [0, 0.05) is 13.1 Å². The first kappa shape index (κ1) is 15.4. The van der Waals surface area contributed by atoms with Crippen molar-refractivity contribution in [3.8, 4) is 0 Å². The van der Waals surface area contributed by atoms with Gasteiger partial charge >= 0.3 is 5.97 Å². The molecule has 1 atom stereocenters. The molecular weight excluding hydrogens is 228 g/mol. The van der Waals surface area contributed by atoms with E-state index in [4.69, 9.17) is 4.74 Å². The van der Waals surface area contributed by atoms with Crippen molar-refractivity contribution in [3.05, 3.63) is 0 Å². The number of hydrogen-bond acceptors (Lipinski definition) is 4. The van der Waals surface area contributed by atoms with Crippen molar-refractivity contribution >= 4 is 5.97 Å². The molecule has 1 unspecified atom stereocenters. The topological polar surface area (TPSA) is 41.6 Å². The number of hydrogen-bond donors (Lipinski definition) is 1. The fourth-order valence-electron chi connectivity index (χ4n) is 2.37. The lowest BCUT2D eigenvalue weighted by atomic mass is 9.79. The minimum absolute atomic E-state index is 0.0678. The van der Waals surface area contributed by atoms with Gasteiger partial charge in [0.05, 0.1) is 6.61 Å². The van der Waals surface area contributed by atoms with Crippen LogP contribution in [0.15, 0.2) is 0 Å². The van der Waals surface area contributed by atoms with Crippen LogP contribution in [0.3, 0.4) is 0 Å². The van der Waals surface area contributed by atoms with Crippen LogP contribution in [0.1, 0.15) is 40.0 Å². The first-order valence-electron chi connectivity index (χ1n) is 7.35. The summed E-state index contributed by atoms with van der Waals surface area (Å²) in [6, 6.07) is -0.0886. The lowest BCUT2D eigenvalue weighted by Gasteiger charge is -2.33. The Labute approximate surface area is 111 Å². The second kappa shape index (κ2) is 8.48. The van der Waals surface area contributed by atoms with Crippen LogP contribution in [0.2, 0.25) is 0 Å². The van der Waals surface area contributed by atoms with Crippen molar-refractivity contribution < 1.29 is 9.53 Å². The van der Waals surface area contributed by atoms with E-state index in [1.807, 2.05) is 6.92 Å². The van der Waals surface area contributed by atoms with Crippen LogP contribution >= 0.6 is 0 Å². The maximum Gasteiger partial charge on any atom is 0.323 e. The van der Waals surface area contributed by atoms with Gasteiger partial charge in [-0.25, -0.2) is 0 Å². The van der Waals surface area contributed by atoms with Gasteiger partial charge in [0.2, 0.25) is 0 Å². The standard InChI is InChI=1S/C14H28N2O2/c1-4-16(5-2)11-10-15-13(12-8-7-9-12)14(17)18-6-3/h12-13,15H,4-11H2,1-3H3. The summed E-state index contributed by atoms with van der Waals surface area (Å²) in [5.74, 6) is 0.419. The summed E-state index contributed by atoms with van der Waals surface area (Å²) in [6.07, 6.45) is 3.56. The molecule has 1 saturated carbocycles. The molecule has 0 amide bonds. The molecule has 0 aromatic rings. The quantitative estimate of drug-likeness (QED) is 0.637. The summed E-state index contributed by atoms with van der Waals surface area (Å²) in [5.41, 5.74) is 0. The van der Waals surface area contributed by atoms with Crippen LogP contribution in [-0.2, 0) is 9.53 Å². The molecule has 0 heterocycles. The predicted molar refractivity (Wildman–Crippen MR) is 73.6 cm³/mol. The molecule has 4 nitrogen and oxygen atoms in total. The lowest BCUT2D eigenvalue weighted by Crippen LogP contribution is -2.48. The van der Waals surface area contributed by atoms with Crippen molar-refractivity contribution in [2.45, 2.75) is 46.1 Å². The summed E-state index contributed by atoms with van der Waals surface area (Å²) >= 11 is 0. The summed E-state index contributed by atoms with van der Waals surface area (Å²) in [5, 5.41) is 3.39. The van der Waals surface area contributed by atoms with E-state index in [0.717, 1.165) is 39.0 Å². The molecule has 0 aromatic heterocycles. The number of rotatable bonds is 9. The molecule has 0 aromatic carbocycles. The van der Waals surface area contributed by atoms with Gasteiger partial charge in [-0.3, -0.25) is 4.79 Å². The van der Waals surface area contributed by atoms with Crippen LogP contribution in [0.5, 0.6) is 0 Å². The molecule has 4 heteroatoms. The summed E-state index contributed by atoms with van der Waals surface area (Å²) < 4.78 is 5.16. The highest BCUT2D eigenvalue weighted by atomic mass is 16.5. The molecule has 1 fully saturated rings. The van der Waals surface area contributed by atoms with E-state index in [0.29, 0.717) is 12.5 Å². The number of esters is 1. The van der Waals surface area contributed by atoms with Gasteiger partial charge in [0.25, 0.3) is 0 Å². The fourth-order valence-corrected chi connectivity index (χ4v) is 2.37. The Bertz CT molecular complexity index is 238. The summed E-state index contributed by atoms with van der Waals surface area (Å²) in [6.45, 7) is 10.6. The highest BCUT2D eigenvalue weighted by molar-refractivity contribution is 5.76. The molecule has 106 valence electrons. The van der Waals surface area contributed by atoms with E-state index in [1.54, 1.807) is 0 Å². The van der Waals surface area contributed by atoms with Gasteiger partial charge in [-0.2, -0.15) is 0 Å². The van der Waals surface area contributed by atoms with E-state index in [2.05, 4.69) is 24.1 Å². The summed E-state index contributed by atoms with van der Waals surface area (Å²) in [4.78, 5) is 14.3. The van der Waals surface area contributed by atoms with E-state index >= 15 is 0 Å². The number of nitrogens with zero attached hydrogens (tertiary/aromatic N) is 1. The molecule has 0 radical (unpaired) electrons. The lowest BCUT2D eigenvalue weighted by molar-refractivity contribution is -0.148. The zero-order valence-electron chi connectivity index (χ0n) is 12.1. The smallest absolute Gasteiger partial charge is 0.323 e. The highest BCUT2D eigenvalue weighted by Crippen LogP contribution is 2.30. The van der Waals surface area contributed by atoms with Gasteiger partial charge in [-0.1, -0.05) is 20.3 Å². The van der Waals surface area contributed by atoms with Gasteiger partial charge < -0.3 is 15.0 Å². The van der Waals surface area contributed by atoms with Gasteiger partial charge in [0.15, 0.2) is 0 Å². The van der Waals surface area contributed by atoms with Gasteiger partial charge in [0.1, 0.15) is 6.04 Å². The second-order valence-electron chi connectivity index (χ2n) is 4.90. The Kier molecular flexibility index (Phi) is 7.28. The number of carbonyl (C=O) groups is 1. The molecular formula is C14H28N2O2. The minimum atomic E-state index is -0.0886. The van der Waals surface area contributed by atoms with Gasteiger partial charge in [-0.15, -0.1) is 0 Å². The van der Waals surface area contributed by atoms with Crippen LogP contribution < -0.4 is 5.32 Å². The Morgan fingerprint density at radius 2 is 2.00 bits per heavy atom. The highest BCUT2D eigenvalue weighted by Gasteiger charge is 2.33. The average molecular weight is 256 g/mol.